The van der Waals surface area contributed by atoms with Crippen LogP contribution in [0.3, 0.4) is 0 Å². The predicted octanol–water partition coefficient (Wildman–Crippen LogP) is 3.93. The summed E-state index contributed by atoms with van der Waals surface area (Å²) in [5.74, 6) is -1.05. The van der Waals surface area contributed by atoms with Crippen LogP contribution in [0.4, 0.5) is 0 Å². The van der Waals surface area contributed by atoms with Crippen molar-refractivity contribution in [3.63, 3.8) is 0 Å². The number of aliphatic imine (C=N–C) groups is 1. The SMILES string of the molecule is CCOC(=O)C1C=NCCc2c1n(C(=O)CN1CCN(C(C)c3ccccc3)CC1)c1ccccc21. The lowest BCUT2D eigenvalue weighted by molar-refractivity contribution is -0.143. The van der Waals surface area contributed by atoms with Gasteiger partial charge in [-0.05, 0) is 37.5 Å². The molecule has 3 aromatic rings. The Kier molecular flexibility index (Phi) is 7.30. The number of benzene rings is 2. The van der Waals surface area contributed by atoms with Gasteiger partial charge in [-0.15, -0.1) is 0 Å². The minimum atomic E-state index is -0.678. The van der Waals surface area contributed by atoms with E-state index >= 15 is 0 Å². The van der Waals surface area contributed by atoms with E-state index in [1.807, 2.05) is 30.3 Å². The summed E-state index contributed by atoms with van der Waals surface area (Å²) >= 11 is 0. The summed E-state index contributed by atoms with van der Waals surface area (Å²) < 4.78 is 7.14. The largest absolute Gasteiger partial charge is 0.465 e. The van der Waals surface area contributed by atoms with E-state index in [1.54, 1.807) is 17.7 Å². The van der Waals surface area contributed by atoms with Gasteiger partial charge in [-0.3, -0.25) is 28.9 Å². The second-order valence-electron chi connectivity index (χ2n) is 9.54. The van der Waals surface area contributed by atoms with Crippen LogP contribution in [0.1, 0.15) is 47.4 Å². The predicted molar refractivity (Wildman–Crippen MR) is 142 cm³/mol. The van der Waals surface area contributed by atoms with Gasteiger partial charge in [0.05, 0.1) is 18.7 Å². The number of piperazine rings is 1. The standard InChI is InChI=1S/C29H34N4O3/c1-3-36-29(35)25-19-30-14-13-24-23-11-7-8-12-26(23)33(28(24)25)27(34)20-31-15-17-32(18-16-31)21(2)22-9-5-4-6-10-22/h4-12,19,21,25H,3,13-18,20H2,1-2H3. The van der Waals surface area contributed by atoms with Crippen molar-refractivity contribution in [1.82, 2.24) is 14.4 Å². The molecular formula is C29H34N4O3. The van der Waals surface area contributed by atoms with Crippen LogP contribution < -0.4 is 0 Å². The molecule has 0 radical (unpaired) electrons. The molecule has 2 aromatic carbocycles. The smallest absolute Gasteiger partial charge is 0.320 e. The molecule has 7 nitrogen and oxygen atoms in total. The van der Waals surface area contributed by atoms with Crippen LogP contribution in [0.2, 0.25) is 0 Å². The maximum absolute atomic E-state index is 13.8. The van der Waals surface area contributed by atoms with Gasteiger partial charge in [-0.1, -0.05) is 48.5 Å². The topological polar surface area (TPSA) is 67.1 Å². The zero-order valence-corrected chi connectivity index (χ0v) is 21.1. The van der Waals surface area contributed by atoms with Gasteiger partial charge in [0, 0.05) is 56.1 Å². The molecule has 0 aliphatic carbocycles. The fraction of sp³-hybridized carbons (Fsp3) is 0.414. The van der Waals surface area contributed by atoms with E-state index in [0.717, 1.165) is 48.3 Å². The van der Waals surface area contributed by atoms with E-state index in [9.17, 15) is 9.59 Å². The van der Waals surface area contributed by atoms with Crippen molar-refractivity contribution in [2.75, 3.05) is 45.9 Å². The number of hydrogen-bond acceptors (Lipinski definition) is 6. The number of hydrogen-bond donors (Lipinski definition) is 0. The van der Waals surface area contributed by atoms with Crippen LogP contribution in [-0.2, 0) is 16.0 Å². The third-order valence-corrected chi connectivity index (χ3v) is 7.45. The van der Waals surface area contributed by atoms with Crippen LogP contribution in [0.5, 0.6) is 0 Å². The minimum absolute atomic E-state index is 0.0124. The molecule has 0 bridgehead atoms. The highest BCUT2D eigenvalue weighted by Crippen LogP contribution is 2.33. The number of carbonyl (C=O) groups is 2. The molecule has 36 heavy (non-hydrogen) atoms. The fourth-order valence-corrected chi connectivity index (χ4v) is 5.53. The quantitative estimate of drug-likeness (QED) is 0.494. The van der Waals surface area contributed by atoms with Crippen molar-refractivity contribution in [1.29, 1.82) is 0 Å². The highest BCUT2D eigenvalue weighted by atomic mass is 16.5. The van der Waals surface area contributed by atoms with Gasteiger partial charge < -0.3 is 4.74 Å². The zero-order chi connectivity index (χ0) is 25.1. The number of esters is 1. The monoisotopic (exact) mass is 486 g/mol. The summed E-state index contributed by atoms with van der Waals surface area (Å²) in [4.78, 5) is 35.9. The molecular weight excluding hydrogens is 452 g/mol. The average Bonchev–Trinajstić information content (AvgIpc) is 3.07. The molecule has 188 valence electrons. The molecule has 2 atom stereocenters. The van der Waals surface area contributed by atoms with Crippen LogP contribution in [0.25, 0.3) is 10.9 Å². The third-order valence-electron chi connectivity index (χ3n) is 7.45. The van der Waals surface area contributed by atoms with Crippen molar-refractivity contribution in [3.8, 4) is 0 Å². The lowest BCUT2D eigenvalue weighted by Gasteiger charge is -2.38. The van der Waals surface area contributed by atoms with Crippen molar-refractivity contribution < 1.29 is 14.3 Å². The Morgan fingerprint density at radius 3 is 2.50 bits per heavy atom. The van der Waals surface area contributed by atoms with Gasteiger partial charge in [0.25, 0.3) is 0 Å². The van der Waals surface area contributed by atoms with Crippen molar-refractivity contribution in [2.24, 2.45) is 4.99 Å². The maximum Gasteiger partial charge on any atom is 0.320 e. The van der Waals surface area contributed by atoms with Gasteiger partial charge in [0.1, 0.15) is 5.92 Å². The van der Waals surface area contributed by atoms with Gasteiger partial charge in [-0.2, -0.15) is 0 Å². The van der Waals surface area contributed by atoms with Crippen molar-refractivity contribution in [2.45, 2.75) is 32.2 Å². The Morgan fingerprint density at radius 2 is 1.75 bits per heavy atom. The highest BCUT2D eigenvalue weighted by molar-refractivity contribution is 6.03. The second-order valence-corrected chi connectivity index (χ2v) is 9.54. The zero-order valence-electron chi connectivity index (χ0n) is 21.1. The summed E-state index contributed by atoms with van der Waals surface area (Å²) in [5, 5.41) is 1.02. The molecule has 5 rings (SSSR count). The normalized spacial score (nSPS) is 19.6. The van der Waals surface area contributed by atoms with E-state index in [-0.39, 0.29) is 11.9 Å². The second kappa shape index (κ2) is 10.8. The van der Waals surface area contributed by atoms with Gasteiger partial charge in [0.2, 0.25) is 5.91 Å². The number of para-hydroxylation sites is 1. The third kappa shape index (κ3) is 4.73. The minimum Gasteiger partial charge on any atom is -0.465 e. The van der Waals surface area contributed by atoms with Crippen LogP contribution >= 0.6 is 0 Å². The molecule has 0 amide bonds. The Morgan fingerprint density at radius 1 is 1.03 bits per heavy atom. The number of carbonyl (C=O) groups excluding carboxylic acids is 2. The molecule has 7 heteroatoms. The van der Waals surface area contributed by atoms with Crippen LogP contribution in [0.15, 0.2) is 59.6 Å². The summed E-state index contributed by atoms with van der Waals surface area (Å²) in [6.07, 6.45) is 2.36. The first-order valence-corrected chi connectivity index (χ1v) is 12.9. The van der Waals surface area contributed by atoms with Crippen molar-refractivity contribution >= 4 is 29.0 Å². The molecule has 2 aliphatic heterocycles. The van der Waals surface area contributed by atoms with Gasteiger partial charge in [-0.25, -0.2) is 0 Å². The first kappa shape index (κ1) is 24.4. The summed E-state index contributed by atoms with van der Waals surface area (Å²) in [6.45, 7) is 8.70. The maximum atomic E-state index is 13.8. The van der Waals surface area contributed by atoms with Crippen LogP contribution in [-0.4, -0.2) is 78.3 Å². The fourth-order valence-electron chi connectivity index (χ4n) is 5.53. The molecule has 3 heterocycles. The number of ether oxygens (including phenoxy) is 1. The first-order valence-electron chi connectivity index (χ1n) is 12.9. The van der Waals surface area contributed by atoms with Crippen LogP contribution in [0, 0.1) is 0 Å². The summed E-state index contributed by atoms with van der Waals surface area (Å²) in [7, 11) is 0. The number of aromatic nitrogens is 1. The number of nitrogens with zero attached hydrogens (tertiary/aromatic N) is 4. The van der Waals surface area contributed by atoms with E-state index in [0.29, 0.717) is 32.2 Å². The lowest BCUT2D eigenvalue weighted by atomic mass is 10.00. The molecule has 0 N–H and O–H groups in total. The molecule has 1 aromatic heterocycles. The summed E-state index contributed by atoms with van der Waals surface area (Å²) in [5.41, 5.74) is 3.91. The number of fused-ring (bicyclic) bond motifs is 3. The van der Waals surface area contributed by atoms with Gasteiger partial charge >= 0.3 is 5.97 Å². The molecule has 0 saturated carbocycles. The van der Waals surface area contributed by atoms with E-state index in [2.05, 4.69) is 46.0 Å². The van der Waals surface area contributed by atoms with E-state index in [4.69, 9.17) is 4.74 Å². The van der Waals surface area contributed by atoms with Gasteiger partial charge in [0.15, 0.2) is 0 Å². The average molecular weight is 487 g/mol. The Bertz CT molecular complexity index is 1260. The Labute approximate surface area is 212 Å². The first-order chi connectivity index (χ1) is 17.6. The molecule has 0 spiro atoms. The summed E-state index contributed by atoms with van der Waals surface area (Å²) in [6, 6.07) is 18.8. The highest BCUT2D eigenvalue weighted by Gasteiger charge is 2.33. The van der Waals surface area contributed by atoms with Crippen molar-refractivity contribution in [3.05, 3.63) is 71.4 Å². The Hall–Kier alpha value is -3.29. The molecule has 1 saturated heterocycles. The lowest BCUT2D eigenvalue weighted by Crippen LogP contribution is -2.49. The molecule has 2 unspecified atom stereocenters. The van der Waals surface area contributed by atoms with E-state index < -0.39 is 5.92 Å². The number of rotatable bonds is 6. The Balaban J connectivity index is 1.38. The van der Waals surface area contributed by atoms with E-state index in [1.165, 1.54) is 5.56 Å². The molecule has 1 fully saturated rings. The molecule has 2 aliphatic rings.